The SMILES string of the molecule is CC1(C)CCCN(C(=O)c2nonc2N)C1C(=O)O. The zero-order valence-electron chi connectivity index (χ0n) is 10.8. The lowest BCUT2D eigenvalue weighted by Crippen LogP contribution is -2.56. The number of rotatable bonds is 2. The van der Waals surface area contributed by atoms with Crippen LogP contribution in [0.3, 0.4) is 0 Å². The van der Waals surface area contributed by atoms with Gasteiger partial charge in [0, 0.05) is 6.54 Å². The maximum Gasteiger partial charge on any atom is 0.326 e. The second kappa shape index (κ2) is 4.52. The van der Waals surface area contributed by atoms with Crippen molar-refractivity contribution in [1.29, 1.82) is 0 Å². The van der Waals surface area contributed by atoms with Gasteiger partial charge < -0.3 is 15.7 Å². The van der Waals surface area contributed by atoms with Crippen LogP contribution in [0.15, 0.2) is 4.63 Å². The van der Waals surface area contributed by atoms with Crippen molar-refractivity contribution in [2.75, 3.05) is 12.3 Å². The van der Waals surface area contributed by atoms with Crippen LogP contribution in [0.1, 0.15) is 37.2 Å². The Labute approximate surface area is 109 Å². The van der Waals surface area contributed by atoms with E-state index in [1.165, 1.54) is 4.90 Å². The van der Waals surface area contributed by atoms with Gasteiger partial charge in [0.1, 0.15) is 6.04 Å². The molecule has 104 valence electrons. The number of amides is 1. The number of anilines is 1. The van der Waals surface area contributed by atoms with Crippen LogP contribution in [0.25, 0.3) is 0 Å². The van der Waals surface area contributed by atoms with Crippen molar-refractivity contribution in [3.8, 4) is 0 Å². The van der Waals surface area contributed by atoms with E-state index in [1.54, 1.807) is 0 Å². The molecule has 2 rings (SSSR count). The second-order valence-corrected chi connectivity index (χ2v) is 5.33. The standard InChI is InChI=1S/C11H16N4O4/c1-11(2)4-3-5-15(7(11)10(17)18)9(16)6-8(12)14-19-13-6/h7H,3-5H2,1-2H3,(H2,12,14)(H,17,18). The molecule has 1 fully saturated rings. The molecule has 0 bridgehead atoms. The van der Waals surface area contributed by atoms with Crippen LogP contribution in [-0.4, -0.2) is 44.8 Å². The molecule has 0 saturated carbocycles. The quantitative estimate of drug-likeness (QED) is 0.794. The third-order valence-corrected chi connectivity index (χ3v) is 3.48. The predicted octanol–water partition coefficient (Wildman–Crippen LogP) is 0.367. The summed E-state index contributed by atoms with van der Waals surface area (Å²) in [7, 11) is 0. The first-order chi connectivity index (χ1) is 8.84. The molecule has 1 aromatic heterocycles. The van der Waals surface area contributed by atoms with Gasteiger partial charge in [0.05, 0.1) is 0 Å². The second-order valence-electron chi connectivity index (χ2n) is 5.33. The minimum Gasteiger partial charge on any atom is -0.480 e. The molecule has 8 heteroatoms. The van der Waals surface area contributed by atoms with Crippen LogP contribution in [0.2, 0.25) is 0 Å². The first kappa shape index (κ1) is 13.3. The van der Waals surface area contributed by atoms with Crippen molar-refractivity contribution in [3.63, 3.8) is 0 Å². The van der Waals surface area contributed by atoms with E-state index in [0.29, 0.717) is 6.54 Å². The van der Waals surface area contributed by atoms with Gasteiger partial charge in [0.25, 0.3) is 5.91 Å². The van der Waals surface area contributed by atoms with Gasteiger partial charge in [-0.25, -0.2) is 9.42 Å². The molecule has 1 atom stereocenters. The van der Waals surface area contributed by atoms with Crippen LogP contribution in [0, 0.1) is 5.41 Å². The molecule has 0 aliphatic carbocycles. The number of aromatic nitrogens is 2. The third kappa shape index (κ3) is 2.25. The van der Waals surface area contributed by atoms with Gasteiger partial charge >= 0.3 is 5.97 Å². The molecular weight excluding hydrogens is 252 g/mol. The highest BCUT2D eigenvalue weighted by molar-refractivity contribution is 5.98. The summed E-state index contributed by atoms with van der Waals surface area (Å²) in [5.41, 5.74) is 4.83. The zero-order valence-corrected chi connectivity index (χ0v) is 10.8. The largest absolute Gasteiger partial charge is 0.480 e. The Morgan fingerprint density at radius 1 is 1.47 bits per heavy atom. The topological polar surface area (TPSA) is 123 Å². The molecule has 1 unspecified atom stereocenters. The van der Waals surface area contributed by atoms with Gasteiger partial charge in [0.2, 0.25) is 11.5 Å². The van der Waals surface area contributed by atoms with E-state index in [9.17, 15) is 14.7 Å². The van der Waals surface area contributed by atoms with Gasteiger partial charge in [-0.15, -0.1) is 0 Å². The first-order valence-electron chi connectivity index (χ1n) is 5.96. The number of carboxylic acid groups (broad SMARTS) is 1. The first-order valence-corrected chi connectivity index (χ1v) is 5.96. The monoisotopic (exact) mass is 268 g/mol. The minimum absolute atomic E-state index is 0.127. The van der Waals surface area contributed by atoms with Gasteiger partial charge in [-0.1, -0.05) is 13.8 Å². The molecule has 3 N–H and O–H groups in total. The number of carboxylic acids is 1. The molecule has 1 aliphatic heterocycles. The number of hydrogen-bond donors (Lipinski definition) is 2. The van der Waals surface area contributed by atoms with Crippen molar-refractivity contribution in [2.45, 2.75) is 32.7 Å². The number of nitrogen functional groups attached to an aromatic ring is 1. The number of likely N-dealkylation sites (tertiary alicyclic amines) is 1. The number of carbonyl (C=O) groups is 2. The number of nitrogens with two attached hydrogens (primary N) is 1. The number of piperidine rings is 1. The van der Waals surface area contributed by atoms with Crippen LogP contribution in [0.5, 0.6) is 0 Å². The Morgan fingerprint density at radius 2 is 2.16 bits per heavy atom. The Kier molecular flexibility index (Phi) is 3.17. The van der Waals surface area contributed by atoms with E-state index in [1.807, 2.05) is 13.8 Å². The van der Waals surface area contributed by atoms with Crippen molar-refractivity contribution < 1.29 is 19.3 Å². The lowest BCUT2D eigenvalue weighted by Gasteiger charge is -2.43. The molecule has 1 aliphatic rings. The van der Waals surface area contributed by atoms with E-state index in [-0.39, 0.29) is 11.5 Å². The molecule has 0 spiro atoms. The Hall–Kier alpha value is -2.12. The molecule has 1 aromatic rings. The summed E-state index contributed by atoms with van der Waals surface area (Å²) >= 11 is 0. The number of hydrogen-bond acceptors (Lipinski definition) is 6. The van der Waals surface area contributed by atoms with E-state index in [4.69, 9.17) is 5.73 Å². The van der Waals surface area contributed by atoms with Gasteiger partial charge in [0.15, 0.2) is 0 Å². The van der Waals surface area contributed by atoms with Gasteiger partial charge in [-0.2, -0.15) is 0 Å². The fourth-order valence-corrected chi connectivity index (χ4v) is 2.56. The van der Waals surface area contributed by atoms with E-state index >= 15 is 0 Å². The Bertz CT molecular complexity index is 511. The summed E-state index contributed by atoms with van der Waals surface area (Å²) in [5.74, 6) is -1.72. The fraction of sp³-hybridized carbons (Fsp3) is 0.636. The molecule has 1 saturated heterocycles. The summed E-state index contributed by atoms with van der Waals surface area (Å²) in [5, 5.41) is 16.1. The molecule has 8 nitrogen and oxygen atoms in total. The highest BCUT2D eigenvalue weighted by Gasteiger charge is 2.45. The minimum atomic E-state index is -1.03. The van der Waals surface area contributed by atoms with Crippen LogP contribution >= 0.6 is 0 Å². The van der Waals surface area contributed by atoms with Crippen molar-refractivity contribution in [1.82, 2.24) is 15.2 Å². The average Bonchev–Trinajstić information content (AvgIpc) is 2.72. The Balaban J connectivity index is 2.34. The summed E-state index contributed by atoms with van der Waals surface area (Å²) in [6, 6.07) is -0.912. The average molecular weight is 268 g/mol. The third-order valence-electron chi connectivity index (χ3n) is 3.48. The van der Waals surface area contributed by atoms with Crippen LogP contribution < -0.4 is 5.73 Å². The smallest absolute Gasteiger partial charge is 0.326 e. The highest BCUT2D eigenvalue weighted by Crippen LogP contribution is 2.36. The van der Waals surface area contributed by atoms with Gasteiger partial charge in [-0.05, 0) is 28.6 Å². The maximum absolute atomic E-state index is 12.3. The zero-order chi connectivity index (χ0) is 14.2. The van der Waals surface area contributed by atoms with Crippen LogP contribution in [0.4, 0.5) is 5.82 Å². The Morgan fingerprint density at radius 3 is 2.68 bits per heavy atom. The van der Waals surface area contributed by atoms with E-state index in [2.05, 4.69) is 14.9 Å². The lowest BCUT2D eigenvalue weighted by molar-refractivity contribution is -0.148. The van der Waals surface area contributed by atoms with E-state index < -0.39 is 23.3 Å². The molecule has 19 heavy (non-hydrogen) atoms. The summed E-state index contributed by atoms with van der Waals surface area (Å²) in [6.07, 6.45) is 1.47. The normalized spacial score (nSPS) is 22.2. The molecule has 0 radical (unpaired) electrons. The number of carbonyl (C=O) groups excluding carboxylic acids is 1. The number of nitrogens with zero attached hydrogens (tertiary/aromatic N) is 3. The van der Waals surface area contributed by atoms with Crippen molar-refractivity contribution in [2.24, 2.45) is 5.41 Å². The lowest BCUT2D eigenvalue weighted by atomic mass is 9.76. The summed E-state index contributed by atoms with van der Waals surface area (Å²) in [6.45, 7) is 4.01. The van der Waals surface area contributed by atoms with Crippen LogP contribution in [-0.2, 0) is 4.79 Å². The van der Waals surface area contributed by atoms with Crippen molar-refractivity contribution in [3.05, 3.63) is 5.69 Å². The van der Waals surface area contributed by atoms with Crippen molar-refractivity contribution >= 4 is 17.7 Å². The summed E-state index contributed by atoms with van der Waals surface area (Å²) < 4.78 is 4.39. The van der Waals surface area contributed by atoms with Gasteiger partial charge in [-0.3, -0.25) is 4.79 Å². The predicted molar refractivity (Wildman–Crippen MR) is 64.2 cm³/mol. The highest BCUT2D eigenvalue weighted by atomic mass is 16.6. The molecule has 0 aromatic carbocycles. The maximum atomic E-state index is 12.3. The molecular formula is C11H16N4O4. The molecule has 1 amide bonds. The number of aliphatic carboxylic acids is 1. The molecule has 2 heterocycles. The van der Waals surface area contributed by atoms with E-state index in [0.717, 1.165) is 12.8 Å². The fourth-order valence-electron chi connectivity index (χ4n) is 2.56. The summed E-state index contributed by atoms with van der Waals surface area (Å²) in [4.78, 5) is 25.0.